The average Bonchev–Trinajstić information content (AvgIpc) is 3.34. The van der Waals surface area contributed by atoms with Crippen molar-refractivity contribution >= 4 is 17.2 Å². The van der Waals surface area contributed by atoms with E-state index in [4.69, 9.17) is 4.74 Å². The number of pyridine rings is 1. The van der Waals surface area contributed by atoms with Crippen molar-refractivity contribution in [1.82, 2.24) is 10.3 Å². The lowest BCUT2D eigenvalue weighted by atomic mass is 9.98. The number of nitrogens with zero attached hydrogens (tertiary/aromatic N) is 2. The number of aromatic nitrogens is 1. The SMILES string of the molecule is CO[C@H](CO)[C@@H](Cc1ccccn1)NC(=O)c1cccc(F)c1C1=NCC(c2ccc(F)cc2F)=C1. The number of carbonyl (C=O) groups excluding carboxylic acids is 1. The van der Waals surface area contributed by atoms with Gasteiger partial charge in [-0.3, -0.25) is 14.8 Å². The van der Waals surface area contributed by atoms with Gasteiger partial charge >= 0.3 is 0 Å². The lowest BCUT2D eigenvalue weighted by Crippen LogP contribution is -2.47. The van der Waals surface area contributed by atoms with Gasteiger partial charge in [0, 0.05) is 42.6 Å². The molecule has 6 nitrogen and oxygen atoms in total. The Hall–Kier alpha value is -3.82. The molecule has 0 aliphatic carbocycles. The van der Waals surface area contributed by atoms with Crippen LogP contribution in [-0.2, 0) is 11.2 Å². The number of hydrogen-bond acceptors (Lipinski definition) is 5. The molecule has 3 aromatic rings. The highest BCUT2D eigenvalue weighted by Gasteiger charge is 2.27. The molecular weight excluding hydrogens is 471 g/mol. The van der Waals surface area contributed by atoms with Gasteiger partial charge in [0.1, 0.15) is 23.6 Å². The van der Waals surface area contributed by atoms with Gasteiger partial charge in [0.15, 0.2) is 0 Å². The first kappa shape index (κ1) is 25.3. The Labute approximate surface area is 206 Å². The maximum absolute atomic E-state index is 15.0. The van der Waals surface area contributed by atoms with E-state index in [0.29, 0.717) is 11.3 Å². The number of methoxy groups -OCH3 is 1. The summed E-state index contributed by atoms with van der Waals surface area (Å²) in [4.78, 5) is 21.9. The zero-order valence-electron chi connectivity index (χ0n) is 19.4. The van der Waals surface area contributed by atoms with Crippen LogP contribution < -0.4 is 5.32 Å². The summed E-state index contributed by atoms with van der Waals surface area (Å²) in [5, 5.41) is 12.6. The van der Waals surface area contributed by atoms with Gasteiger partial charge in [-0.05, 0) is 48.0 Å². The topological polar surface area (TPSA) is 83.8 Å². The first-order chi connectivity index (χ1) is 17.4. The summed E-state index contributed by atoms with van der Waals surface area (Å²) in [6, 6.07) is 12.0. The second-order valence-corrected chi connectivity index (χ2v) is 8.22. The predicted molar refractivity (Wildman–Crippen MR) is 129 cm³/mol. The van der Waals surface area contributed by atoms with Crippen LogP contribution in [0, 0.1) is 17.5 Å². The van der Waals surface area contributed by atoms with Crippen molar-refractivity contribution in [3.63, 3.8) is 0 Å². The molecule has 1 aliphatic heterocycles. The molecule has 2 atom stereocenters. The van der Waals surface area contributed by atoms with E-state index in [2.05, 4.69) is 15.3 Å². The van der Waals surface area contributed by atoms with Crippen LogP contribution in [0.15, 0.2) is 71.9 Å². The van der Waals surface area contributed by atoms with Crippen LogP contribution in [0.1, 0.15) is 27.2 Å². The van der Waals surface area contributed by atoms with Crippen molar-refractivity contribution in [2.75, 3.05) is 20.3 Å². The number of nitrogens with one attached hydrogen (secondary N) is 1. The smallest absolute Gasteiger partial charge is 0.252 e. The molecule has 2 aromatic carbocycles. The Balaban J connectivity index is 1.63. The van der Waals surface area contributed by atoms with Crippen LogP contribution in [0.3, 0.4) is 0 Å². The summed E-state index contributed by atoms with van der Waals surface area (Å²) >= 11 is 0. The minimum Gasteiger partial charge on any atom is -0.394 e. The molecule has 1 aromatic heterocycles. The van der Waals surface area contributed by atoms with Crippen LogP contribution in [-0.4, -0.2) is 54.1 Å². The van der Waals surface area contributed by atoms with E-state index in [-0.39, 0.29) is 42.0 Å². The van der Waals surface area contributed by atoms with E-state index in [0.717, 1.165) is 12.1 Å². The summed E-state index contributed by atoms with van der Waals surface area (Å²) < 4.78 is 47.9. The molecule has 1 aliphatic rings. The number of hydrogen-bond donors (Lipinski definition) is 2. The minimum atomic E-state index is -0.754. The average molecular weight is 496 g/mol. The lowest BCUT2D eigenvalue weighted by Gasteiger charge is -2.26. The number of amides is 1. The summed E-state index contributed by atoms with van der Waals surface area (Å²) in [6.07, 6.45) is 2.64. The van der Waals surface area contributed by atoms with Gasteiger partial charge in [0.25, 0.3) is 5.91 Å². The second-order valence-electron chi connectivity index (χ2n) is 8.22. The molecule has 0 spiro atoms. The third-order valence-corrected chi connectivity index (χ3v) is 5.93. The molecule has 0 bridgehead atoms. The predicted octanol–water partition coefficient (Wildman–Crippen LogP) is 3.73. The lowest BCUT2D eigenvalue weighted by molar-refractivity contribution is 0.0214. The third-order valence-electron chi connectivity index (χ3n) is 5.93. The zero-order chi connectivity index (χ0) is 25.7. The summed E-state index contributed by atoms with van der Waals surface area (Å²) in [5.41, 5.74) is 1.41. The van der Waals surface area contributed by atoms with Crippen molar-refractivity contribution in [1.29, 1.82) is 0 Å². The maximum atomic E-state index is 15.0. The molecule has 0 saturated carbocycles. The number of aliphatic hydroxyl groups excluding tert-OH is 1. The molecule has 0 radical (unpaired) electrons. The standard InChI is InChI=1S/C27H24F3N3O3/c1-36-25(15-34)23(13-18-5-2-3-10-31-18)33-27(35)20-6-4-7-21(29)26(20)24-11-16(14-32-24)19-9-8-17(28)12-22(19)30/h2-12,23,25,34H,13-15H2,1H3,(H,33,35)/t23-,25-/m1/s1. The molecule has 0 fully saturated rings. The van der Waals surface area contributed by atoms with Gasteiger partial charge in [0.2, 0.25) is 0 Å². The molecule has 2 heterocycles. The summed E-state index contributed by atoms with van der Waals surface area (Å²) in [6.45, 7) is -0.307. The van der Waals surface area contributed by atoms with Crippen LogP contribution >= 0.6 is 0 Å². The number of aliphatic hydroxyl groups is 1. The fraction of sp³-hybridized carbons (Fsp3) is 0.222. The monoisotopic (exact) mass is 495 g/mol. The first-order valence-electron chi connectivity index (χ1n) is 11.2. The van der Waals surface area contributed by atoms with Crippen LogP contribution in [0.2, 0.25) is 0 Å². The molecule has 36 heavy (non-hydrogen) atoms. The van der Waals surface area contributed by atoms with Gasteiger partial charge < -0.3 is 15.2 Å². The number of halogens is 3. The van der Waals surface area contributed by atoms with Gasteiger partial charge in [-0.1, -0.05) is 12.1 Å². The molecule has 186 valence electrons. The molecule has 0 unspecified atom stereocenters. The van der Waals surface area contributed by atoms with Crippen LogP contribution in [0.25, 0.3) is 5.57 Å². The van der Waals surface area contributed by atoms with E-state index in [9.17, 15) is 18.7 Å². The number of ether oxygens (including phenoxy) is 1. The third kappa shape index (κ3) is 5.53. The Bertz CT molecular complexity index is 1310. The Morgan fingerprint density at radius 3 is 2.64 bits per heavy atom. The van der Waals surface area contributed by atoms with Crippen molar-refractivity contribution in [2.45, 2.75) is 18.6 Å². The second kappa shape index (κ2) is 11.3. The van der Waals surface area contributed by atoms with E-state index in [1.54, 1.807) is 24.4 Å². The fourth-order valence-electron chi connectivity index (χ4n) is 4.10. The molecule has 1 amide bonds. The molecular formula is C27H24F3N3O3. The van der Waals surface area contributed by atoms with Crippen molar-refractivity contribution in [3.8, 4) is 0 Å². The first-order valence-corrected chi connectivity index (χ1v) is 11.2. The quantitative estimate of drug-likeness (QED) is 0.474. The highest BCUT2D eigenvalue weighted by Crippen LogP contribution is 2.27. The molecule has 4 rings (SSSR count). The number of carbonyl (C=O) groups is 1. The van der Waals surface area contributed by atoms with E-state index in [1.807, 2.05) is 0 Å². The largest absolute Gasteiger partial charge is 0.394 e. The van der Waals surface area contributed by atoms with Gasteiger partial charge in [-0.25, -0.2) is 13.2 Å². The van der Waals surface area contributed by atoms with Crippen LogP contribution in [0.4, 0.5) is 13.2 Å². The zero-order valence-corrected chi connectivity index (χ0v) is 19.4. The highest BCUT2D eigenvalue weighted by molar-refractivity contribution is 6.19. The molecule has 0 saturated heterocycles. The molecule has 2 N–H and O–H groups in total. The minimum absolute atomic E-state index is 0.0182. The normalized spacial score (nSPS) is 14.7. The van der Waals surface area contributed by atoms with Gasteiger partial charge in [0.05, 0.1) is 30.5 Å². The van der Waals surface area contributed by atoms with Gasteiger partial charge in [-0.15, -0.1) is 0 Å². The van der Waals surface area contributed by atoms with E-state index < -0.39 is 35.5 Å². The number of aliphatic imine (C=N–C) groups is 1. The summed E-state index contributed by atoms with van der Waals surface area (Å²) in [5.74, 6) is -2.73. The van der Waals surface area contributed by atoms with E-state index >= 15 is 4.39 Å². The van der Waals surface area contributed by atoms with Crippen molar-refractivity contribution in [2.24, 2.45) is 4.99 Å². The maximum Gasteiger partial charge on any atom is 0.252 e. The number of allylic oxidation sites excluding steroid dienone is 1. The van der Waals surface area contributed by atoms with Crippen molar-refractivity contribution < 1.29 is 27.8 Å². The van der Waals surface area contributed by atoms with Gasteiger partial charge in [-0.2, -0.15) is 0 Å². The number of benzene rings is 2. The molecule has 9 heteroatoms. The summed E-state index contributed by atoms with van der Waals surface area (Å²) in [7, 11) is 1.42. The Morgan fingerprint density at radius 1 is 1.11 bits per heavy atom. The highest BCUT2D eigenvalue weighted by atomic mass is 19.1. The van der Waals surface area contributed by atoms with Crippen LogP contribution in [0.5, 0.6) is 0 Å². The Morgan fingerprint density at radius 2 is 1.94 bits per heavy atom. The van der Waals surface area contributed by atoms with E-state index in [1.165, 1.54) is 37.5 Å². The number of rotatable bonds is 9. The Kier molecular flexibility index (Phi) is 7.92. The fourth-order valence-corrected chi connectivity index (χ4v) is 4.10. The van der Waals surface area contributed by atoms with Crippen molar-refractivity contribution in [3.05, 3.63) is 107 Å².